The standard InChI is InChI=1S/C14H23NS/c1-2-9-15-14-8-4-3-6-12(14)11-13-7-5-10-16-13/h5,7,10,12,14-15H,2-4,6,8-9,11H2,1H3. The molecule has 1 heterocycles. The molecule has 2 rings (SSSR count). The summed E-state index contributed by atoms with van der Waals surface area (Å²) in [7, 11) is 0. The van der Waals surface area contributed by atoms with Gasteiger partial charge in [-0.2, -0.15) is 0 Å². The number of rotatable bonds is 5. The van der Waals surface area contributed by atoms with Crippen molar-refractivity contribution < 1.29 is 0 Å². The highest BCUT2D eigenvalue weighted by Gasteiger charge is 2.24. The van der Waals surface area contributed by atoms with Gasteiger partial charge in [0.25, 0.3) is 0 Å². The van der Waals surface area contributed by atoms with E-state index in [0.29, 0.717) is 0 Å². The monoisotopic (exact) mass is 237 g/mol. The van der Waals surface area contributed by atoms with Gasteiger partial charge >= 0.3 is 0 Å². The van der Waals surface area contributed by atoms with Crippen molar-refractivity contribution >= 4 is 11.3 Å². The van der Waals surface area contributed by atoms with Crippen LogP contribution in [0.5, 0.6) is 0 Å². The van der Waals surface area contributed by atoms with Crippen molar-refractivity contribution in [1.82, 2.24) is 5.32 Å². The van der Waals surface area contributed by atoms with Crippen LogP contribution in [0.4, 0.5) is 0 Å². The molecule has 2 heteroatoms. The van der Waals surface area contributed by atoms with Gasteiger partial charge in [0.05, 0.1) is 0 Å². The first-order valence-corrected chi connectivity index (χ1v) is 7.54. The topological polar surface area (TPSA) is 12.0 Å². The Labute approximate surface area is 103 Å². The summed E-state index contributed by atoms with van der Waals surface area (Å²) in [6.45, 7) is 3.44. The lowest BCUT2D eigenvalue weighted by Crippen LogP contribution is -2.39. The van der Waals surface area contributed by atoms with Crippen molar-refractivity contribution in [3.63, 3.8) is 0 Å². The summed E-state index contributed by atoms with van der Waals surface area (Å²) >= 11 is 1.91. The Hall–Kier alpha value is -0.340. The molecular formula is C14H23NS. The summed E-state index contributed by atoms with van der Waals surface area (Å²) in [6.07, 6.45) is 8.19. The second-order valence-electron chi connectivity index (χ2n) is 4.89. The number of hydrogen-bond acceptors (Lipinski definition) is 2. The molecule has 1 fully saturated rings. The quantitative estimate of drug-likeness (QED) is 0.820. The first-order valence-electron chi connectivity index (χ1n) is 6.66. The van der Waals surface area contributed by atoms with Gasteiger partial charge in [-0.15, -0.1) is 11.3 Å². The molecule has 2 unspecified atom stereocenters. The fourth-order valence-electron chi connectivity index (χ4n) is 2.74. The fourth-order valence-corrected chi connectivity index (χ4v) is 3.54. The molecule has 1 aliphatic carbocycles. The van der Waals surface area contributed by atoms with Gasteiger partial charge in [0.1, 0.15) is 0 Å². The Morgan fingerprint density at radius 2 is 2.25 bits per heavy atom. The molecule has 90 valence electrons. The average Bonchev–Trinajstić information content (AvgIpc) is 2.81. The molecule has 0 amide bonds. The van der Waals surface area contributed by atoms with Gasteiger partial charge in [-0.05, 0) is 49.6 Å². The van der Waals surface area contributed by atoms with E-state index < -0.39 is 0 Å². The van der Waals surface area contributed by atoms with Crippen LogP contribution < -0.4 is 5.32 Å². The van der Waals surface area contributed by atoms with E-state index in [0.717, 1.165) is 12.0 Å². The van der Waals surface area contributed by atoms with Crippen molar-refractivity contribution in [3.8, 4) is 0 Å². The van der Waals surface area contributed by atoms with Gasteiger partial charge in [-0.3, -0.25) is 0 Å². The minimum atomic E-state index is 0.774. The highest BCUT2D eigenvalue weighted by Crippen LogP contribution is 2.28. The third-order valence-electron chi connectivity index (χ3n) is 3.61. The summed E-state index contributed by atoms with van der Waals surface area (Å²) in [6, 6.07) is 5.24. The predicted octanol–water partition coefficient (Wildman–Crippen LogP) is 3.85. The molecule has 0 radical (unpaired) electrons. The highest BCUT2D eigenvalue weighted by atomic mass is 32.1. The molecule has 0 bridgehead atoms. The van der Waals surface area contributed by atoms with Crippen LogP contribution in [0.25, 0.3) is 0 Å². The lowest BCUT2D eigenvalue weighted by atomic mass is 9.82. The Kier molecular flexibility index (Phi) is 4.86. The van der Waals surface area contributed by atoms with Gasteiger partial charge in [0.15, 0.2) is 0 Å². The van der Waals surface area contributed by atoms with E-state index in [1.54, 1.807) is 4.88 Å². The van der Waals surface area contributed by atoms with Gasteiger partial charge in [0.2, 0.25) is 0 Å². The van der Waals surface area contributed by atoms with Crippen molar-refractivity contribution in [2.45, 2.75) is 51.5 Å². The Morgan fingerprint density at radius 3 is 3.00 bits per heavy atom. The van der Waals surface area contributed by atoms with Crippen LogP contribution in [0.2, 0.25) is 0 Å². The molecule has 16 heavy (non-hydrogen) atoms. The number of nitrogens with one attached hydrogen (secondary N) is 1. The lowest BCUT2D eigenvalue weighted by molar-refractivity contribution is 0.262. The zero-order chi connectivity index (χ0) is 11.2. The van der Waals surface area contributed by atoms with Gasteiger partial charge in [-0.1, -0.05) is 25.8 Å². The average molecular weight is 237 g/mol. The van der Waals surface area contributed by atoms with E-state index in [-0.39, 0.29) is 0 Å². The minimum absolute atomic E-state index is 0.774. The number of hydrogen-bond donors (Lipinski definition) is 1. The van der Waals surface area contributed by atoms with E-state index in [1.165, 1.54) is 45.1 Å². The Morgan fingerprint density at radius 1 is 1.38 bits per heavy atom. The maximum absolute atomic E-state index is 3.74. The molecule has 1 nitrogen and oxygen atoms in total. The fraction of sp³-hybridized carbons (Fsp3) is 0.714. The van der Waals surface area contributed by atoms with E-state index in [2.05, 4.69) is 29.8 Å². The van der Waals surface area contributed by atoms with E-state index in [9.17, 15) is 0 Å². The molecule has 0 aromatic carbocycles. The van der Waals surface area contributed by atoms with Crippen molar-refractivity contribution in [2.75, 3.05) is 6.54 Å². The first kappa shape index (κ1) is 12.1. The molecule has 0 saturated heterocycles. The normalized spacial score (nSPS) is 25.8. The summed E-state index contributed by atoms with van der Waals surface area (Å²) in [5.74, 6) is 0.874. The third kappa shape index (κ3) is 3.33. The van der Waals surface area contributed by atoms with Crippen LogP contribution in [0, 0.1) is 5.92 Å². The van der Waals surface area contributed by atoms with Crippen LogP contribution in [0.3, 0.4) is 0 Å². The zero-order valence-corrected chi connectivity index (χ0v) is 11.1. The zero-order valence-electron chi connectivity index (χ0n) is 10.2. The lowest BCUT2D eigenvalue weighted by Gasteiger charge is -2.32. The van der Waals surface area contributed by atoms with Crippen LogP contribution in [0.1, 0.15) is 43.9 Å². The van der Waals surface area contributed by atoms with Gasteiger partial charge in [0, 0.05) is 10.9 Å². The molecule has 1 aromatic rings. The molecule has 0 spiro atoms. The molecule has 1 aliphatic rings. The van der Waals surface area contributed by atoms with E-state index in [4.69, 9.17) is 0 Å². The van der Waals surface area contributed by atoms with Crippen LogP contribution >= 0.6 is 11.3 Å². The van der Waals surface area contributed by atoms with Crippen LogP contribution in [-0.4, -0.2) is 12.6 Å². The molecule has 1 N–H and O–H groups in total. The van der Waals surface area contributed by atoms with Crippen LogP contribution in [-0.2, 0) is 6.42 Å². The summed E-state index contributed by atoms with van der Waals surface area (Å²) in [4.78, 5) is 1.56. The summed E-state index contributed by atoms with van der Waals surface area (Å²) < 4.78 is 0. The van der Waals surface area contributed by atoms with Crippen molar-refractivity contribution in [3.05, 3.63) is 22.4 Å². The van der Waals surface area contributed by atoms with E-state index >= 15 is 0 Å². The maximum Gasteiger partial charge on any atom is 0.00987 e. The molecule has 1 aromatic heterocycles. The molecule has 1 saturated carbocycles. The SMILES string of the molecule is CCCNC1CCCCC1Cc1cccs1. The Bertz CT molecular complexity index is 281. The largest absolute Gasteiger partial charge is 0.314 e. The minimum Gasteiger partial charge on any atom is -0.314 e. The van der Waals surface area contributed by atoms with Gasteiger partial charge < -0.3 is 5.32 Å². The predicted molar refractivity (Wildman–Crippen MR) is 72.1 cm³/mol. The third-order valence-corrected chi connectivity index (χ3v) is 4.51. The second-order valence-corrected chi connectivity index (χ2v) is 5.92. The smallest absolute Gasteiger partial charge is 0.00987 e. The van der Waals surface area contributed by atoms with E-state index in [1.807, 2.05) is 11.3 Å². The Balaban J connectivity index is 1.88. The van der Waals surface area contributed by atoms with Crippen molar-refractivity contribution in [2.24, 2.45) is 5.92 Å². The first-order chi connectivity index (χ1) is 7.90. The molecule has 2 atom stereocenters. The summed E-state index contributed by atoms with van der Waals surface area (Å²) in [5.41, 5.74) is 0. The molecule has 0 aliphatic heterocycles. The second kappa shape index (κ2) is 6.41. The molecular weight excluding hydrogens is 214 g/mol. The van der Waals surface area contributed by atoms with Gasteiger partial charge in [-0.25, -0.2) is 0 Å². The summed E-state index contributed by atoms with van der Waals surface area (Å²) in [5, 5.41) is 5.94. The maximum atomic E-state index is 3.74. The number of thiophene rings is 1. The van der Waals surface area contributed by atoms with Crippen LogP contribution in [0.15, 0.2) is 17.5 Å². The van der Waals surface area contributed by atoms with Crippen molar-refractivity contribution in [1.29, 1.82) is 0 Å². The highest BCUT2D eigenvalue weighted by molar-refractivity contribution is 7.09.